The van der Waals surface area contributed by atoms with E-state index < -0.39 is 5.91 Å². The van der Waals surface area contributed by atoms with Crippen LogP contribution in [0.1, 0.15) is 42.1 Å². The van der Waals surface area contributed by atoms with Crippen LogP contribution in [0.2, 0.25) is 0 Å². The van der Waals surface area contributed by atoms with Gasteiger partial charge in [0.1, 0.15) is 11.9 Å². The lowest BCUT2D eigenvalue weighted by Crippen LogP contribution is -2.41. The van der Waals surface area contributed by atoms with Crippen LogP contribution in [0, 0.1) is 5.92 Å². The zero-order valence-electron chi connectivity index (χ0n) is 14.4. The van der Waals surface area contributed by atoms with Gasteiger partial charge in [0.25, 0.3) is 5.91 Å². The molecule has 1 saturated heterocycles. The van der Waals surface area contributed by atoms with Gasteiger partial charge in [-0.05, 0) is 31.4 Å². The lowest BCUT2D eigenvalue weighted by Gasteiger charge is -2.29. The highest BCUT2D eigenvalue weighted by molar-refractivity contribution is 5.93. The number of rotatable bonds is 3. The van der Waals surface area contributed by atoms with Gasteiger partial charge in [-0.15, -0.1) is 0 Å². The molecule has 1 fully saturated rings. The Hall–Kier alpha value is -2.12. The second kappa shape index (κ2) is 7.84. The summed E-state index contributed by atoms with van der Waals surface area (Å²) in [6, 6.07) is 5.02. The Morgan fingerprint density at radius 3 is 2.76 bits per heavy atom. The van der Waals surface area contributed by atoms with Gasteiger partial charge in [0.2, 0.25) is 5.91 Å². The van der Waals surface area contributed by atoms with Crippen LogP contribution in [0.5, 0.6) is 5.75 Å². The Balaban J connectivity index is 1.84. The third-order valence-corrected chi connectivity index (χ3v) is 4.85. The monoisotopic (exact) mass is 348 g/mol. The number of hydrogen-bond donors (Lipinski definition) is 2. The Bertz CT molecular complexity index is 642. The molecule has 1 unspecified atom stereocenters. The van der Waals surface area contributed by atoms with E-state index in [0.717, 1.165) is 24.8 Å². The predicted octanol–water partition coefficient (Wildman–Crippen LogP) is 1.73. The van der Waals surface area contributed by atoms with Crippen LogP contribution in [0.4, 0.5) is 0 Å². The van der Waals surface area contributed by atoms with Crippen molar-refractivity contribution in [2.75, 3.05) is 19.8 Å². The SMILES string of the molecule is CCC1CN(C(=O)C2CCOCC2)Cc2ccc(C(=O)NO)cc2O1. The Labute approximate surface area is 146 Å². The number of amides is 2. The van der Waals surface area contributed by atoms with Gasteiger partial charge >= 0.3 is 0 Å². The molecule has 2 aliphatic heterocycles. The maximum absolute atomic E-state index is 12.9. The van der Waals surface area contributed by atoms with Crippen molar-refractivity contribution in [3.8, 4) is 5.75 Å². The van der Waals surface area contributed by atoms with E-state index in [1.165, 1.54) is 0 Å². The summed E-state index contributed by atoms with van der Waals surface area (Å²) in [4.78, 5) is 26.4. The molecule has 0 saturated carbocycles. The second-order valence-corrected chi connectivity index (χ2v) is 6.52. The number of fused-ring (bicyclic) bond motifs is 1. The van der Waals surface area contributed by atoms with Crippen molar-refractivity contribution in [1.29, 1.82) is 0 Å². The number of ether oxygens (including phenoxy) is 2. The van der Waals surface area contributed by atoms with E-state index in [0.29, 0.717) is 37.6 Å². The third kappa shape index (κ3) is 3.93. The van der Waals surface area contributed by atoms with Crippen LogP contribution in [0.15, 0.2) is 18.2 Å². The molecule has 0 spiro atoms. The fourth-order valence-corrected chi connectivity index (χ4v) is 3.32. The molecule has 2 heterocycles. The highest BCUT2D eigenvalue weighted by atomic mass is 16.5. The van der Waals surface area contributed by atoms with Crippen LogP contribution < -0.4 is 10.2 Å². The van der Waals surface area contributed by atoms with Crippen LogP contribution in [0.3, 0.4) is 0 Å². The van der Waals surface area contributed by atoms with Gasteiger partial charge in [-0.1, -0.05) is 13.0 Å². The molecular weight excluding hydrogens is 324 g/mol. The van der Waals surface area contributed by atoms with E-state index in [2.05, 4.69) is 0 Å². The first-order valence-electron chi connectivity index (χ1n) is 8.73. The smallest absolute Gasteiger partial charge is 0.274 e. The highest BCUT2D eigenvalue weighted by Crippen LogP contribution is 2.29. The van der Waals surface area contributed by atoms with Gasteiger partial charge in [0.15, 0.2) is 0 Å². The molecule has 7 heteroatoms. The lowest BCUT2D eigenvalue weighted by atomic mass is 9.98. The first-order chi connectivity index (χ1) is 12.1. The molecule has 0 aliphatic carbocycles. The molecule has 1 aromatic carbocycles. The van der Waals surface area contributed by atoms with E-state index in [1.54, 1.807) is 23.7 Å². The quantitative estimate of drug-likeness (QED) is 0.642. The van der Waals surface area contributed by atoms with Crippen molar-refractivity contribution in [2.24, 2.45) is 5.92 Å². The summed E-state index contributed by atoms with van der Waals surface area (Å²) < 4.78 is 11.4. The Kier molecular flexibility index (Phi) is 5.55. The molecule has 25 heavy (non-hydrogen) atoms. The largest absolute Gasteiger partial charge is 0.488 e. The van der Waals surface area contributed by atoms with Gasteiger partial charge < -0.3 is 14.4 Å². The minimum absolute atomic E-state index is 0.00671. The molecule has 2 aliphatic rings. The normalized spacial score (nSPS) is 21.0. The number of hydroxylamine groups is 1. The molecule has 1 aromatic rings. The van der Waals surface area contributed by atoms with Crippen LogP contribution >= 0.6 is 0 Å². The standard InChI is InChI=1S/C18H24N2O5/c1-2-15-11-20(18(22)12-5-7-24-8-6-12)10-14-4-3-13(17(21)19-23)9-16(14)25-15/h3-4,9,12,15,23H,2,5-8,10-11H2,1H3,(H,19,21). The van der Waals surface area contributed by atoms with E-state index in [-0.39, 0.29) is 17.9 Å². The fourth-order valence-electron chi connectivity index (χ4n) is 3.32. The minimum atomic E-state index is -0.584. The summed E-state index contributed by atoms with van der Waals surface area (Å²) >= 11 is 0. The lowest BCUT2D eigenvalue weighted by molar-refractivity contribution is -0.140. The van der Waals surface area contributed by atoms with Crippen molar-refractivity contribution in [1.82, 2.24) is 10.4 Å². The van der Waals surface area contributed by atoms with Gasteiger partial charge in [0, 0.05) is 36.8 Å². The summed E-state index contributed by atoms with van der Waals surface area (Å²) in [6.07, 6.45) is 2.15. The minimum Gasteiger partial charge on any atom is -0.488 e. The first kappa shape index (κ1) is 17.7. The molecule has 136 valence electrons. The molecular formula is C18H24N2O5. The number of nitrogens with zero attached hydrogens (tertiary/aromatic N) is 1. The molecule has 3 rings (SSSR count). The van der Waals surface area contributed by atoms with Crippen molar-refractivity contribution in [2.45, 2.75) is 38.8 Å². The average molecular weight is 348 g/mol. The molecule has 1 atom stereocenters. The second-order valence-electron chi connectivity index (χ2n) is 6.52. The first-order valence-corrected chi connectivity index (χ1v) is 8.73. The molecule has 0 bridgehead atoms. The highest BCUT2D eigenvalue weighted by Gasteiger charge is 2.31. The fraction of sp³-hybridized carbons (Fsp3) is 0.556. The van der Waals surface area contributed by atoms with Gasteiger partial charge in [-0.2, -0.15) is 0 Å². The van der Waals surface area contributed by atoms with Crippen LogP contribution in [-0.2, 0) is 16.1 Å². The van der Waals surface area contributed by atoms with Crippen molar-refractivity contribution in [3.63, 3.8) is 0 Å². The summed E-state index contributed by atoms with van der Waals surface area (Å²) in [5.41, 5.74) is 2.81. The van der Waals surface area contributed by atoms with Crippen LogP contribution in [-0.4, -0.2) is 47.8 Å². The average Bonchev–Trinajstić information content (AvgIpc) is 2.85. The third-order valence-electron chi connectivity index (χ3n) is 4.85. The van der Waals surface area contributed by atoms with E-state index in [1.807, 2.05) is 11.8 Å². The Morgan fingerprint density at radius 2 is 2.08 bits per heavy atom. The van der Waals surface area contributed by atoms with Crippen molar-refractivity contribution < 1.29 is 24.3 Å². The number of benzene rings is 1. The molecule has 2 amide bonds. The van der Waals surface area contributed by atoms with Crippen molar-refractivity contribution in [3.05, 3.63) is 29.3 Å². The van der Waals surface area contributed by atoms with Gasteiger partial charge in [-0.25, -0.2) is 5.48 Å². The van der Waals surface area contributed by atoms with E-state index in [9.17, 15) is 9.59 Å². The van der Waals surface area contributed by atoms with E-state index >= 15 is 0 Å². The topological polar surface area (TPSA) is 88.1 Å². The van der Waals surface area contributed by atoms with Gasteiger partial charge in [-0.3, -0.25) is 14.8 Å². The summed E-state index contributed by atoms with van der Waals surface area (Å²) in [6.45, 7) is 4.27. The maximum atomic E-state index is 12.9. The zero-order chi connectivity index (χ0) is 17.8. The Morgan fingerprint density at radius 1 is 1.32 bits per heavy atom. The van der Waals surface area contributed by atoms with Crippen molar-refractivity contribution >= 4 is 11.8 Å². The van der Waals surface area contributed by atoms with Gasteiger partial charge in [0.05, 0.1) is 6.54 Å². The number of carbonyl (C=O) groups excluding carboxylic acids is 2. The molecule has 7 nitrogen and oxygen atoms in total. The summed E-state index contributed by atoms with van der Waals surface area (Å²) in [7, 11) is 0. The molecule has 2 N–H and O–H groups in total. The summed E-state index contributed by atoms with van der Waals surface area (Å²) in [5, 5.41) is 8.80. The maximum Gasteiger partial charge on any atom is 0.274 e. The summed E-state index contributed by atoms with van der Waals surface area (Å²) in [5.74, 6) is 0.164. The number of nitrogens with one attached hydrogen (secondary N) is 1. The number of hydrogen-bond acceptors (Lipinski definition) is 5. The zero-order valence-corrected chi connectivity index (χ0v) is 14.4. The van der Waals surface area contributed by atoms with E-state index in [4.69, 9.17) is 14.7 Å². The molecule has 0 radical (unpaired) electrons. The predicted molar refractivity (Wildman–Crippen MR) is 89.4 cm³/mol. The van der Waals surface area contributed by atoms with Crippen LogP contribution in [0.25, 0.3) is 0 Å². The number of carbonyl (C=O) groups is 2. The molecule has 0 aromatic heterocycles.